The summed E-state index contributed by atoms with van der Waals surface area (Å²) in [6.07, 6.45) is 5.15. The van der Waals surface area contributed by atoms with Gasteiger partial charge in [-0.3, -0.25) is 10.1 Å². The number of rotatable bonds is 4. The number of carbonyl (C=O) groups is 2. The van der Waals surface area contributed by atoms with E-state index >= 15 is 0 Å². The molecule has 0 atom stereocenters. The second-order valence-electron chi connectivity index (χ2n) is 10.5. The molecule has 0 unspecified atom stereocenters. The van der Waals surface area contributed by atoms with Crippen LogP contribution in [-0.2, 0) is 27.3 Å². The Morgan fingerprint density at radius 3 is 2.65 bits per heavy atom. The Kier molecular flexibility index (Phi) is 6.44. The van der Waals surface area contributed by atoms with Crippen LogP contribution in [0.5, 0.6) is 0 Å². The summed E-state index contributed by atoms with van der Waals surface area (Å²) in [7, 11) is 0. The van der Waals surface area contributed by atoms with Gasteiger partial charge in [-0.2, -0.15) is 0 Å². The number of nitrogens with zero attached hydrogens (tertiary/aromatic N) is 5. The molecule has 0 radical (unpaired) electrons. The first-order chi connectivity index (χ1) is 19.1. The first-order valence-corrected chi connectivity index (χ1v) is 13.6. The number of halogens is 2. The van der Waals surface area contributed by atoms with Crippen LogP contribution in [0.15, 0.2) is 49.1 Å². The lowest BCUT2D eigenvalue weighted by Crippen LogP contribution is -2.50. The van der Waals surface area contributed by atoms with Crippen LogP contribution in [0.2, 0.25) is 10.0 Å². The number of aromatic nitrogens is 4. The van der Waals surface area contributed by atoms with Crippen LogP contribution in [0.1, 0.15) is 37.9 Å². The van der Waals surface area contributed by atoms with Gasteiger partial charge < -0.3 is 19.3 Å². The summed E-state index contributed by atoms with van der Waals surface area (Å²) < 4.78 is 7.51. The van der Waals surface area contributed by atoms with E-state index < -0.39 is 17.3 Å². The number of anilines is 1. The Labute approximate surface area is 239 Å². The van der Waals surface area contributed by atoms with Crippen LogP contribution in [0.3, 0.4) is 0 Å². The number of carbonyl (C=O) groups excluding carboxylic acids is 2. The fraction of sp³-hybridized carbons (Fsp3) is 0.321. The normalized spacial score (nSPS) is 16.5. The number of benzene rings is 1. The van der Waals surface area contributed by atoms with Crippen molar-refractivity contribution in [1.82, 2.24) is 24.4 Å². The van der Waals surface area contributed by atoms with Crippen molar-refractivity contribution in [2.75, 3.05) is 18.4 Å². The quantitative estimate of drug-likeness (QED) is 0.344. The fourth-order valence-electron chi connectivity index (χ4n) is 5.59. The maximum absolute atomic E-state index is 13.6. The van der Waals surface area contributed by atoms with Gasteiger partial charge in [-0.1, -0.05) is 35.3 Å². The van der Waals surface area contributed by atoms with Gasteiger partial charge in [-0.15, -0.1) is 0 Å². The molecular weight excluding hydrogens is 555 g/mol. The zero-order valence-corrected chi connectivity index (χ0v) is 23.3. The van der Waals surface area contributed by atoms with Crippen LogP contribution in [0.4, 0.5) is 10.6 Å². The van der Waals surface area contributed by atoms with Crippen LogP contribution in [0, 0.1) is 0 Å². The van der Waals surface area contributed by atoms with Crippen molar-refractivity contribution >= 4 is 52.1 Å². The summed E-state index contributed by atoms with van der Waals surface area (Å²) in [5, 5.41) is 14.9. The SMILES string of the molecule is CC(C)(O)c1ncnc2c1c(-c1cccc(Cl)c1Cl)cn2CC(=O)N1CCC2(CC1)OC(=O)Nc1ncccc12. The van der Waals surface area contributed by atoms with E-state index in [4.69, 9.17) is 27.9 Å². The van der Waals surface area contributed by atoms with Gasteiger partial charge >= 0.3 is 6.09 Å². The van der Waals surface area contributed by atoms with Crippen molar-refractivity contribution in [1.29, 1.82) is 0 Å². The number of hydrogen-bond donors (Lipinski definition) is 2. The summed E-state index contributed by atoms with van der Waals surface area (Å²) in [6.45, 7) is 4.09. The van der Waals surface area contributed by atoms with Gasteiger partial charge in [-0.25, -0.2) is 19.7 Å². The maximum Gasteiger partial charge on any atom is 0.413 e. The molecule has 10 nitrogen and oxygen atoms in total. The van der Waals surface area contributed by atoms with Crippen LogP contribution < -0.4 is 5.32 Å². The van der Waals surface area contributed by atoms with E-state index in [-0.39, 0.29) is 12.5 Å². The highest BCUT2D eigenvalue weighted by atomic mass is 35.5. The van der Waals surface area contributed by atoms with Crippen LogP contribution in [0.25, 0.3) is 22.2 Å². The third-order valence-corrected chi connectivity index (χ3v) is 8.33. The number of piperidine rings is 1. The van der Waals surface area contributed by atoms with Crippen molar-refractivity contribution in [2.45, 2.75) is 44.4 Å². The van der Waals surface area contributed by atoms with Crippen molar-refractivity contribution in [2.24, 2.45) is 0 Å². The molecule has 6 rings (SSSR count). The predicted molar refractivity (Wildman–Crippen MR) is 150 cm³/mol. The zero-order chi connectivity index (χ0) is 28.2. The number of amides is 2. The Morgan fingerprint density at radius 2 is 1.90 bits per heavy atom. The second-order valence-corrected chi connectivity index (χ2v) is 11.3. The molecule has 1 aromatic carbocycles. The maximum atomic E-state index is 13.6. The van der Waals surface area contributed by atoms with Crippen LogP contribution >= 0.6 is 23.2 Å². The average Bonchev–Trinajstić information content (AvgIpc) is 3.28. The van der Waals surface area contributed by atoms with Crippen LogP contribution in [-0.4, -0.2) is 54.6 Å². The van der Waals surface area contributed by atoms with Crippen molar-refractivity contribution in [3.8, 4) is 11.1 Å². The molecule has 40 heavy (non-hydrogen) atoms. The molecule has 1 saturated heterocycles. The molecule has 1 spiro atoms. The minimum Gasteiger partial charge on any atom is -0.437 e. The van der Waals surface area contributed by atoms with Gasteiger partial charge in [0.15, 0.2) is 0 Å². The highest BCUT2D eigenvalue weighted by Crippen LogP contribution is 2.43. The molecule has 3 aromatic heterocycles. The Morgan fingerprint density at radius 1 is 1.12 bits per heavy atom. The first-order valence-electron chi connectivity index (χ1n) is 12.8. The van der Waals surface area contributed by atoms with E-state index in [9.17, 15) is 14.7 Å². The highest BCUT2D eigenvalue weighted by molar-refractivity contribution is 6.44. The van der Waals surface area contributed by atoms with Crippen molar-refractivity contribution < 1.29 is 19.4 Å². The third-order valence-electron chi connectivity index (χ3n) is 7.51. The second kappa shape index (κ2) is 9.72. The minimum atomic E-state index is -1.28. The Bertz CT molecular complexity index is 1660. The van der Waals surface area contributed by atoms with E-state index in [0.717, 1.165) is 5.56 Å². The molecule has 5 heterocycles. The molecule has 0 saturated carbocycles. The number of aliphatic hydroxyl groups is 1. The molecule has 206 valence electrons. The lowest BCUT2D eigenvalue weighted by atomic mass is 9.83. The smallest absolute Gasteiger partial charge is 0.413 e. The standard InChI is InChI=1S/C28H26Cl2N6O4/c1-27(2,39)23-21-17(16-5-3-7-19(29)22(16)30)13-36(25(21)33-15-32-23)14-20(37)35-11-8-28(9-12-35)18-6-4-10-31-24(18)34-26(38)40-28/h3-7,10,13,15,39H,8-9,11-12,14H2,1-2H3,(H,31,34,38). The number of hydrogen-bond acceptors (Lipinski definition) is 7. The van der Waals surface area contributed by atoms with E-state index in [1.807, 2.05) is 18.2 Å². The summed E-state index contributed by atoms with van der Waals surface area (Å²) in [4.78, 5) is 40.7. The largest absolute Gasteiger partial charge is 0.437 e. The zero-order valence-electron chi connectivity index (χ0n) is 21.8. The number of fused-ring (bicyclic) bond motifs is 3. The molecule has 2 N–H and O–H groups in total. The van der Waals surface area contributed by atoms with E-state index in [1.54, 1.807) is 47.8 Å². The minimum absolute atomic E-state index is 0.00345. The lowest BCUT2D eigenvalue weighted by Gasteiger charge is -2.43. The highest BCUT2D eigenvalue weighted by Gasteiger charge is 2.45. The summed E-state index contributed by atoms with van der Waals surface area (Å²) in [6, 6.07) is 9.02. The Hall–Kier alpha value is -3.73. The topological polar surface area (TPSA) is 122 Å². The lowest BCUT2D eigenvalue weighted by molar-refractivity contribution is -0.136. The molecule has 0 aliphatic carbocycles. The third kappa shape index (κ3) is 4.46. The van der Waals surface area contributed by atoms with Gasteiger partial charge in [0.2, 0.25) is 5.91 Å². The number of pyridine rings is 1. The summed E-state index contributed by atoms with van der Waals surface area (Å²) >= 11 is 12.9. The Balaban J connectivity index is 1.32. The molecule has 2 aliphatic rings. The average molecular weight is 581 g/mol. The van der Waals surface area contributed by atoms with Crippen molar-refractivity contribution in [3.63, 3.8) is 0 Å². The number of ether oxygens (including phenoxy) is 1. The number of likely N-dealkylation sites (tertiary alicyclic amines) is 1. The molecule has 2 aliphatic heterocycles. The molecular formula is C28H26Cl2N6O4. The van der Waals surface area contributed by atoms with Gasteiger partial charge in [0.1, 0.15) is 35.5 Å². The molecule has 0 bridgehead atoms. The molecule has 4 aromatic rings. The summed E-state index contributed by atoms with van der Waals surface area (Å²) in [5.41, 5.74) is 0.921. The predicted octanol–water partition coefficient (Wildman–Crippen LogP) is 5.11. The molecule has 12 heteroatoms. The van der Waals surface area contributed by atoms with Gasteiger partial charge in [0.05, 0.1) is 21.1 Å². The first kappa shape index (κ1) is 26.5. The molecule has 2 amide bonds. The number of nitrogens with one attached hydrogen (secondary N) is 1. The summed E-state index contributed by atoms with van der Waals surface area (Å²) in [5.74, 6) is 0.373. The van der Waals surface area contributed by atoms with Crippen molar-refractivity contribution in [3.05, 3.63) is 70.4 Å². The van der Waals surface area contributed by atoms with Gasteiger partial charge in [0.25, 0.3) is 0 Å². The molecule has 1 fully saturated rings. The van der Waals surface area contributed by atoms with Gasteiger partial charge in [0, 0.05) is 55.0 Å². The monoisotopic (exact) mass is 580 g/mol. The van der Waals surface area contributed by atoms with Gasteiger partial charge in [-0.05, 0) is 32.0 Å². The fourth-order valence-corrected chi connectivity index (χ4v) is 5.99. The van der Waals surface area contributed by atoms with E-state index in [0.29, 0.717) is 69.6 Å². The van der Waals surface area contributed by atoms with E-state index in [2.05, 4.69) is 20.3 Å². The van der Waals surface area contributed by atoms with E-state index in [1.165, 1.54) is 6.33 Å².